The zero-order valence-electron chi connectivity index (χ0n) is 10.4. The predicted octanol–water partition coefficient (Wildman–Crippen LogP) is 1.80. The number of hydrogen-bond donors (Lipinski definition) is 2. The molecule has 0 spiro atoms. The largest absolute Gasteiger partial charge is 0.478 e. The van der Waals surface area contributed by atoms with Crippen molar-refractivity contribution < 1.29 is 19.6 Å². The number of carboxylic acid groups (broad SMARTS) is 1. The zero-order valence-corrected chi connectivity index (χ0v) is 10.4. The molecule has 0 saturated carbocycles. The first-order valence-corrected chi connectivity index (χ1v) is 5.87. The van der Waals surface area contributed by atoms with E-state index in [-0.39, 0.29) is 23.0 Å². The summed E-state index contributed by atoms with van der Waals surface area (Å²) < 4.78 is 5.22. The maximum Gasteiger partial charge on any atom is 0.336 e. The van der Waals surface area contributed by atoms with Gasteiger partial charge in [0, 0.05) is 19.2 Å². The summed E-state index contributed by atoms with van der Waals surface area (Å²) in [5.41, 5.74) is 0.547. The molecule has 1 aromatic carbocycles. The Balaban J connectivity index is 2.31. The van der Waals surface area contributed by atoms with Crippen molar-refractivity contribution in [2.24, 2.45) is 0 Å². The van der Waals surface area contributed by atoms with Gasteiger partial charge < -0.3 is 15.2 Å². The molecule has 1 heterocycles. The second-order valence-corrected chi connectivity index (χ2v) is 4.36. The zero-order chi connectivity index (χ0) is 14.0. The van der Waals surface area contributed by atoms with Crippen molar-refractivity contribution in [3.05, 3.63) is 33.4 Å². The quantitative estimate of drug-likeness (QED) is 0.622. The fourth-order valence-electron chi connectivity index (χ4n) is 1.97. The van der Waals surface area contributed by atoms with Crippen LogP contribution in [0.4, 0.5) is 11.4 Å². The molecule has 2 N–H and O–H groups in total. The molecule has 0 radical (unpaired) electrons. The van der Waals surface area contributed by atoms with Crippen molar-refractivity contribution in [2.75, 3.05) is 18.5 Å². The highest BCUT2D eigenvalue weighted by Crippen LogP contribution is 2.31. The van der Waals surface area contributed by atoms with Crippen molar-refractivity contribution in [3.8, 4) is 0 Å². The third-order valence-electron chi connectivity index (χ3n) is 3.17. The van der Waals surface area contributed by atoms with E-state index in [1.807, 2.05) is 0 Å². The first-order chi connectivity index (χ1) is 9.00. The summed E-state index contributed by atoms with van der Waals surface area (Å²) in [6.45, 7) is 2.69. The lowest BCUT2D eigenvalue weighted by Gasteiger charge is -2.27. The van der Waals surface area contributed by atoms with Crippen molar-refractivity contribution >= 4 is 17.3 Å². The maximum atomic E-state index is 11.0. The first-order valence-electron chi connectivity index (χ1n) is 5.87. The summed E-state index contributed by atoms with van der Waals surface area (Å²) in [4.78, 5) is 21.5. The first kappa shape index (κ1) is 13.3. The molecular weight excluding hydrogens is 252 g/mol. The highest BCUT2D eigenvalue weighted by Gasteiger charge is 2.23. The topological polar surface area (TPSA) is 102 Å². The van der Waals surface area contributed by atoms with Gasteiger partial charge in [-0.25, -0.2) is 4.79 Å². The molecule has 7 nitrogen and oxygen atoms in total. The lowest BCUT2D eigenvalue weighted by molar-refractivity contribution is -0.384. The van der Waals surface area contributed by atoms with Crippen LogP contribution in [0.2, 0.25) is 0 Å². The summed E-state index contributed by atoms with van der Waals surface area (Å²) in [5, 5.41) is 22.9. The van der Waals surface area contributed by atoms with E-state index >= 15 is 0 Å². The Kier molecular flexibility index (Phi) is 3.66. The molecule has 1 saturated heterocycles. The van der Waals surface area contributed by atoms with Crippen LogP contribution in [0.25, 0.3) is 0 Å². The number of nitro groups is 1. The van der Waals surface area contributed by atoms with Crippen molar-refractivity contribution in [2.45, 2.75) is 19.4 Å². The SMILES string of the molecule is Cc1c(C(=O)O)ccc([N+](=O)[O-])c1NC[C@@H]1CCO1. The highest BCUT2D eigenvalue weighted by atomic mass is 16.6. The van der Waals surface area contributed by atoms with E-state index in [1.165, 1.54) is 12.1 Å². The van der Waals surface area contributed by atoms with Gasteiger partial charge in [-0.15, -0.1) is 0 Å². The number of benzene rings is 1. The Morgan fingerprint density at radius 2 is 2.32 bits per heavy atom. The van der Waals surface area contributed by atoms with Gasteiger partial charge in [-0.2, -0.15) is 0 Å². The Bertz CT molecular complexity index is 525. The molecule has 1 aliphatic rings. The molecule has 102 valence electrons. The van der Waals surface area contributed by atoms with Crippen molar-refractivity contribution in [1.82, 2.24) is 0 Å². The van der Waals surface area contributed by atoms with Gasteiger partial charge in [-0.3, -0.25) is 10.1 Å². The van der Waals surface area contributed by atoms with Gasteiger partial charge in [0.25, 0.3) is 5.69 Å². The molecule has 19 heavy (non-hydrogen) atoms. The molecule has 1 atom stereocenters. The second kappa shape index (κ2) is 5.23. The number of carbonyl (C=O) groups is 1. The van der Waals surface area contributed by atoms with E-state index in [0.717, 1.165) is 6.42 Å². The minimum Gasteiger partial charge on any atom is -0.478 e. The van der Waals surface area contributed by atoms with Crippen molar-refractivity contribution in [1.29, 1.82) is 0 Å². The fraction of sp³-hybridized carbons (Fsp3) is 0.417. The Morgan fingerprint density at radius 1 is 1.63 bits per heavy atom. The summed E-state index contributed by atoms with van der Waals surface area (Å²) in [5.74, 6) is -1.10. The van der Waals surface area contributed by atoms with E-state index in [1.54, 1.807) is 6.92 Å². The van der Waals surface area contributed by atoms with Crippen LogP contribution in [0.5, 0.6) is 0 Å². The Hall–Kier alpha value is -2.15. The minimum absolute atomic E-state index is 0.0347. The lowest BCUT2D eigenvalue weighted by atomic mass is 10.0. The molecule has 0 bridgehead atoms. The predicted molar refractivity (Wildman–Crippen MR) is 67.6 cm³/mol. The number of carboxylic acids is 1. The van der Waals surface area contributed by atoms with Gasteiger partial charge in [0.05, 0.1) is 16.6 Å². The molecule has 0 aliphatic carbocycles. The highest BCUT2D eigenvalue weighted by molar-refractivity contribution is 5.92. The van der Waals surface area contributed by atoms with Crippen LogP contribution in [0.15, 0.2) is 12.1 Å². The molecule has 7 heteroatoms. The number of nitro benzene ring substituents is 1. The third kappa shape index (κ3) is 2.65. The summed E-state index contributed by atoms with van der Waals surface area (Å²) >= 11 is 0. The smallest absolute Gasteiger partial charge is 0.336 e. The van der Waals surface area contributed by atoms with Gasteiger partial charge in [0.1, 0.15) is 5.69 Å². The second-order valence-electron chi connectivity index (χ2n) is 4.36. The van der Waals surface area contributed by atoms with E-state index in [0.29, 0.717) is 18.7 Å². The fourth-order valence-corrected chi connectivity index (χ4v) is 1.97. The molecule has 0 aromatic heterocycles. The molecule has 0 amide bonds. The number of ether oxygens (including phenoxy) is 1. The molecule has 0 unspecified atom stereocenters. The van der Waals surface area contributed by atoms with Crippen LogP contribution in [0.1, 0.15) is 22.3 Å². The van der Waals surface area contributed by atoms with E-state index in [9.17, 15) is 14.9 Å². The average molecular weight is 266 g/mol. The number of rotatable bonds is 5. The average Bonchev–Trinajstić information content (AvgIpc) is 2.27. The maximum absolute atomic E-state index is 11.0. The Morgan fingerprint density at radius 3 is 2.79 bits per heavy atom. The van der Waals surface area contributed by atoms with Crippen LogP contribution in [0, 0.1) is 17.0 Å². The van der Waals surface area contributed by atoms with Gasteiger partial charge in [-0.1, -0.05) is 0 Å². The summed E-state index contributed by atoms with van der Waals surface area (Å²) in [6.07, 6.45) is 0.936. The van der Waals surface area contributed by atoms with Crippen LogP contribution >= 0.6 is 0 Å². The molecule has 2 rings (SSSR count). The monoisotopic (exact) mass is 266 g/mol. The Labute approximate surface area is 109 Å². The summed E-state index contributed by atoms with van der Waals surface area (Å²) in [6, 6.07) is 2.46. The van der Waals surface area contributed by atoms with Gasteiger partial charge in [0.15, 0.2) is 0 Å². The van der Waals surface area contributed by atoms with Crippen LogP contribution in [-0.4, -0.2) is 35.3 Å². The number of anilines is 1. The van der Waals surface area contributed by atoms with Crippen LogP contribution in [0.3, 0.4) is 0 Å². The van der Waals surface area contributed by atoms with E-state index < -0.39 is 10.9 Å². The summed E-state index contributed by atoms with van der Waals surface area (Å²) in [7, 11) is 0. The third-order valence-corrected chi connectivity index (χ3v) is 3.17. The van der Waals surface area contributed by atoms with E-state index in [2.05, 4.69) is 5.32 Å². The van der Waals surface area contributed by atoms with Crippen molar-refractivity contribution in [3.63, 3.8) is 0 Å². The van der Waals surface area contributed by atoms with Crippen LogP contribution in [-0.2, 0) is 4.74 Å². The van der Waals surface area contributed by atoms with Gasteiger partial charge >= 0.3 is 5.97 Å². The van der Waals surface area contributed by atoms with Gasteiger partial charge in [-0.05, 0) is 25.0 Å². The number of nitrogens with one attached hydrogen (secondary N) is 1. The molecule has 1 aliphatic heterocycles. The van der Waals surface area contributed by atoms with Gasteiger partial charge in [0.2, 0.25) is 0 Å². The number of hydrogen-bond acceptors (Lipinski definition) is 5. The standard InChI is InChI=1S/C12H14N2O5/c1-7-9(12(15)16)2-3-10(14(17)18)11(7)13-6-8-4-5-19-8/h2-3,8,13H,4-6H2,1H3,(H,15,16)/t8-/m0/s1. The van der Waals surface area contributed by atoms with E-state index in [4.69, 9.17) is 9.84 Å². The van der Waals surface area contributed by atoms with Crippen LogP contribution < -0.4 is 5.32 Å². The molecule has 1 fully saturated rings. The molecule has 1 aromatic rings. The number of aromatic carboxylic acids is 1. The number of nitrogens with zero attached hydrogens (tertiary/aromatic N) is 1. The lowest BCUT2D eigenvalue weighted by Crippen LogP contribution is -2.33. The molecular formula is C12H14N2O5. The normalized spacial score (nSPS) is 17.6. The minimum atomic E-state index is -1.10.